The summed E-state index contributed by atoms with van der Waals surface area (Å²) in [4.78, 5) is 9.01. The molecule has 1 N–H and O–H groups in total. The van der Waals surface area contributed by atoms with E-state index >= 15 is 0 Å². The van der Waals surface area contributed by atoms with Crippen LogP contribution in [-0.4, -0.2) is 16.0 Å². The molecule has 0 aliphatic heterocycles. The zero-order valence-corrected chi connectivity index (χ0v) is 12.7. The third-order valence-corrected chi connectivity index (χ3v) is 4.13. The molecule has 1 aromatic rings. The lowest BCUT2D eigenvalue weighted by molar-refractivity contribution is 0.539. The Kier molecular flexibility index (Phi) is 3.20. The molecule has 0 aromatic carbocycles. The quantitative estimate of drug-likeness (QED) is 0.846. The topological polar surface area (TPSA) is 37.8 Å². The van der Waals surface area contributed by atoms with Crippen LogP contribution in [-0.2, 0) is 5.41 Å². The standard InChI is InChI=1S/C15H22ClN3/c1-15(2,3)14-17-11(16)8-12(19-14)18-13(9-4-5-9)10-6-7-10/h8-10,13H,4-7H2,1-3H3,(H,17,18,19). The molecule has 3 rings (SSSR count). The molecule has 2 aliphatic carbocycles. The zero-order valence-electron chi connectivity index (χ0n) is 11.9. The van der Waals surface area contributed by atoms with Crippen LogP contribution < -0.4 is 5.32 Å². The van der Waals surface area contributed by atoms with Crippen LogP contribution in [0, 0.1) is 11.8 Å². The number of aromatic nitrogens is 2. The molecular weight excluding hydrogens is 258 g/mol. The van der Waals surface area contributed by atoms with Gasteiger partial charge in [-0.25, -0.2) is 9.97 Å². The highest BCUT2D eigenvalue weighted by Crippen LogP contribution is 2.45. The fraction of sp³-hybridized carbons (Fsp3) is 0.733. The normalized spacial score (nSPS) is 19.8. The van der Waals surface area contributed by atoms with Gasteiger partial charge in [0.1, 0.15) is 16.8 Å². The Labute approximate surface area is 120 Å². The van der Waals surface area contributed by atoms with Crippen molar-refractivity contribution in [3.63, 3.8) is 0 Å². The first-order valence-corrected chi connectivity index (χ1v) is 7.63. The predicted octanol–water partition coefficient (Wildman–Crippen LogP) is 4.03. The lowest BCUT2D eigenvalue weighted by Gasteiger charge is -2.21. The smallest absolute Gasteiger partial charge is 0.137 e. The Bertz CT molecular complexity index is 461. The van der Waals surface area contributed by atoms with Gasteiger partial charge in [0.2, 0.25) is 0 Å². The monoisotopic (exact) mass is 279 g/mol. The van der Waals surface area contributed by atoms with Crippen LogP contribution in [0.15, 0.2) is 6.07 Å². The van der Waals surface area contributed by atoms with Gasteiger partial charge in [-0.1, -0.05) is 32.4 Å². The molecular formula is C15H22ClN3. The van der Waals surface area contributed by atoms with Crippen molar-refractivity contribution >= 4 is 17.4 Å². The van der Waals surface area contributed by atoms with E-state index < -0.39 is 0 Å². The molecule has 0 saturated heterocycles. The number of rotatable bonds is 4. The van der Waals surface area contributed by atoms with Crippen molar-refractivity contribution in [2.45, 2.75) is 57.9 Å². The van der Waals surface area contributed by atoms with Gasteiger partial charge in [-0.2, -0.15) is 0 Å². The van der Waals surface area contributed by atoms with Crippen molar-refractivity contribution in [1.82, 2.24) is 9.97 Å². The molecule has 0 amide bonds. The molecule has 1 aromatic heterocycles. The fourth-order valence-electron chi connectivity index (χ4n) is 2.53. The van der Waals surface area contributed by atoms with Gasteiger partial charge in [0.25, 0.3) is 0 Å². The van der Waals surface area contributed by atoms with Crippen LogP contribution >= 0.6 is 11.6 Å². The number of anilines is 1. The van der Waals surface area contributed by atoms with Crippen LogP contribution in [0.3, 0.4) is 0 Å². The number of hydrogen-bond donors (Lipinski definition) is 1. The molecule has 2 aliphatic rings. The Hall–Kier alpha value is -0.830. The summed E-state index contributed by atoms with van der Waals surface area (Å²) in [5.74, 6) is 3.40. The van der Waals surface area contributed by atoms with Gasteiger partial charge in [0.05, 0.1) is 0 Å². The van der Waals surface area contributed by atoms with E-state index in [-0.39, 0.29) is 5.41 Å². The minimum atomic E-state index is -0.0734. The summed E-state index contributed by atoms with van der Waals surface area (Å²) in [6.07, 6.45) is 5.44. The number of halogens is 1. The lowest BCUT2D eigenvalue weighted by atomic mass is 9.96. The maximum atomic E-state index is 6.14. The van der Waals surface area contributed by atoms with E-state index in [1.807, 2.05) is 6.07 Å². The third-order valence-electron chi connectivity index (χ3n) is 3.94. The summed E-state index contributed by atoms with van der Waals surface area (Å²) in [6.45, 7) is 6.34. The summed E-state index contributed by atoms with van der Waals surface area (Å²) >= 11 is 6.14. The summed E-state index contributed by atoms with van der Waals surface area (Å²) < 4.78 is 0. The number of hydrogen-bond acceptors (Lipinski definition) is 3. The Morgan fingerprint density at radius 3 is 2.21 bits per heavy atom. The highest BCUT2D eigenvalue weighted by Gasteiger charge is 2.41. The molecule has 0 atom stereocenters. The second-order valence-corrected chi connectivity index (χ2v) is 7.38. The maximum Gasteiger partial charge on any atom is 0.137 e. The van der Waals surface area contributed by atoms with Crippen molar-refractivity contribution in [1.29, 1.82) is 0 Å². The first kappa shape index (κ1) is 13.2. The Morgan fingerprint density at radius 1 is 1.16 bits per heavy atom. The van der Waals surface area contributed by atoms with Crippen molar-refractivity contribution in [2.24, 2.45) is 11.8 Å². The SMILES string of the molecule is CC(C)(C)c1nc(Cl)cc(NC(C2CC2)C2CC2)n1. The van der Waals surface area contributed by atoms with Gasteiger partial charge in [-0.05, 0) is 37.5 Å². The minimum Gasteiger partial charge on any atom is -0.367 e. The maximum absolute atomic E-state index is 6.14. The largest absolute Gasteiger partial charge is 0.367 e. The molecule has 19 heavy (non-hydrogen) atoms. The van der Waals surface area contributed by atoms with Crippen molar-refractivity contribution in [3.05, 3.63) is 17.0 Å². The third kappa shape index (κ3) is 3.19. The van der Waals surface area contributed by atoms with Crippen LogP contribution in [0.4, 0.5) is 5.82 Å². The lowest BCUT2D eigenvalue weighted by Crippen LogP contribution is -2.26. The first-order valence-electron chi connectivity index (χ1n) is 7.25. The average molecular weight is 280 g/mol. The second kappa shape index (κ2) is 4.62. The average Bonchev–Trinajstić information content (AvgIpc) is 3.16. The second-order valence-electron chi connectivity index (χ2n) is 6.99. The molecule has 0 spiro atoms. The van der Waals surface area contributed by atoms with E-state index in [1.54, 1.807) is 0 Å². The number of nitrogens with one attached hydrogen (secondary N) is 1. The molecule has 2 fully saturated rings. The van der Waals surface area contributed by atoms with E-state index in [2.05, 4.69) is 36.1 Å². The van der Waals surface area contributed by atoms with Gasteiger partial charge in [-0.15, -0.1) is 0 Å². The molecule has 1 heterocycles. The minimum absolute atomic E-state index is 0.0734. The summed E-state index contributed by atoms with van der Waals surface area (Å²) in [5, 5.41) is 4.16. The van der Waals surface area contributed by atoms with Gasteiger partial charge >= 0.3 is 0 Å². The van der Waals surface area contributed by atoms with Gasteiger partial charge in [0.15, 0.2) is 0 Å². The first-order chi connectivity index (χ1) is 8.93. The Balaban J connectivity index is 1.81. The predicted molar refractivity (Wildman–Crippen MR) is 78.6 cm³/mol. The summed E-state index contributed by atoms with van der Waals surface area (Å²) in [6, 6.07) is 2.45. The highest BCUT2D eigenvalue weighted by atomic mass is 35.5. The van der Waals surface area contributed by atoms with E-state index in [1.165, 1.54) is 25.7 Å². The molecule has 0 radical (unpaired) electrons. The van der Waals surface area contributed by atoms with Gasteiger partial charge in [-0.3, -0.25) is 0 Å². The van der Waals surface area contributed by atoms with Crippen molar-refractivity contribution < 1.29 is 0 Å². The van der Waals surface area contributed by atoms with E-state index in [4.69, 9.17) is 11.6 Å². The van der Waals surface area contributed by atoms with Crippen molar-refractivity contribution in [2.75, 3.05) is 5.32 Å². The summed E-state index contributed by atoms with van der Waals surface area (Å²) in [7, 11) is 0. The number of nitrogens with zero attached hydrogens (tertiary/aromatic N) is 2. The highest BCUT2D eigenvalue weighted by molar-refractivity contribution is 6.29. The molecule has 2 saturated carbocycles. The fourth-order valence-corrected chi connectivity index (χ4v) is 2.71. The molecule has 104 valence electrons. The van der Waals surface area contributed by atoms with Gasteiger partial charge < -0.3 is 5.32 Å². The van der Waals surface area contributed by atoms with E-state index in [0.717, 1.165) is 23.5 Å². The van der Waals surface area contributed by atoms with Crippen LogP contribution in [0.5, 0.6) is 0 Å². The van der Waals surface area contributed by atoms with Crippen LogP contribution in [0.25, 0.3) is 0 Å². The molecule has 0 unspecified atom stereocenters. The zero-order chi connectivity index (χ0) is 13.6. The van der Waals surface area contributed by atoms with Gasteiger partial charge in [0, 0.05) is 17.5 Å². The van der Waals surface area contributed by atoms with E-state index in [9.17, 15) is 0 Å². The summed E-state index contributed by atoms with van der Waals surface area (Å²) in [5.41, 5.74) is -0.0734. The molecule has 0 bridgehead atoms. The Morgan fingerprint density at radius 2 is 1.74 bits per heavy atom. The molecule has 4 heteroatoms. The van der Waals surface area contributed by atoms with Crippen molar-refractivity contribution in [3.8, 4) is 0 Å². The molecule has 3 nitrogen and oxygen atoms in total. The van der Waals surface area contributed by atoms with E-state index in [0.29, 0.717) is 11.2 Å². The van der Waals surface area contributed by atoms with Crippen LogP contribution in [0.2, 0.25) is 5.15 Å². The van der Waals surface area contributed by atoms with Crippen LogP contribution in [0.1, 0.15) is 52.3 Å².